The minimum atomic E-state index is -3.64. The van der Waals surface area contributed by atoms with Crippen molar-refractivity contribution in [2.45, 2.75) is 41.1 Å². The summed E-state index contributed by atoms with van der Waals surface area (Å²) in [6.07, 6.45) is 6.50. The molecular formula is C21H21ClN4O2S. The highest BCUT2D eigenvalue weighted by Crippen LogP contribution is 2.42. The van der Waals surface area contributed by atoms with Gasteiger partial charge in [0, 0.05) is 59.9 Å². The first-order chi connectivity index (χ1) is 13.5. The second kappa shape index (κ2) is 6.32. The Morgan fingerprint density at radius 3 is 2.86 bits per heavy atom. The van der Waals surface area contributed by atoms with Gasteiger partial charge in [-0.15, -0.1) is 12.4 Å². The monoisotopic (exact) mass is 428 g/mol. The summed E-state index contributed by atoms with van der Waals surface area (Å²) in [4.78, 5) is 7.80. The SMILES string of the molecule is Cl.Cn1c2c(c3cc(S(=O)(=O)c4cnc5[nH]ccc5c4)ccc31)C1CCC(C2)N1. The molecule has 5 heterocycles. The van der Waals surface area contributed by atoms with E-state index in [1.807, 2.05) is 18.2 Å². The fraction of sp³-hybridized carbons (Fsp3) is 0.286. The van der Waals surface area contributed by atoms with Crippen molar-refractivity contribution in [2.75, 3.05) is 0 Å². The van der Waals surface area contributed by atoms with Crippen LogP contribution in [0.3, 0.4) is 0 Å². The lowest BCUT2D eigenvalue weighted by Gasteiger charge is -2.23. The number of hydrogen-bond acceptors (Lipinski definition) is 4. The van der Waals surface area contributed by atoms with Crippen molar-refractivity contribution in [1.82, 2.24) is 19.9 Å². The summed E-state index contributed by atoms with van der Waals surface area (Å²) in [5.41, 5.74) is 4.40. The van der Waals surface area contributed by atoms with Crippen molar-refractivity contribution in [2.24, 2.45) is 7.05 Å². The number of H-pyrrole nitrogens is 1. The van der Waals surface area contributed by atoms with Gasteiger partial charge in [0.15, 0.2) is 0 Å². The van der Waals surface area contributed by atoms with E-state index in [0.717, 1.165) is 29.1 Å². The second-order valence-corrected chi connectivity index (χ2v) is 9.84. The molecule has 8 heteroatoms. The van der Waals surface area contributed by atoms with Gasteiger partial charge in [0.25, 0.3) is 0 Å². The standard InChI is InChI=1S/C21H20N4O2S.ClH/c1-25-18-5-3-14(10-16(18)20-17-4-2-13(24-17)9-19(20)25)28(26,27)15-8-12-6-7-22-21(12)23-11-15;/h3,5-8,10-11,13,17,24H,2,4,9H2,1H3,(H,22,23);1H. The summed E-state index contributed by atoms with van der Waals surface area (Å²) in [5, 5.41) is 5.52. The van der Waals surface area contributed by atoms with Gasteiger partial charge >= 0.3 is 0 Å². The molecule has 0 saturated carbocycles. The predicted molar refractivity (Wildman–Crippen MR) is 114 cm³/mol. The maximum absolute atomic E-state index is 13.3. The lowest BCUT2D eigenvalue weighted by Crippen LogP contribution is -2.32. The second-order valence-electron chi connectivity index (χ2n) is 7.89. The summed E-state index contributed by atoms with van der Waals surface area (Å²) in [6, 6.07) is 9.90. The zero-order valence-corrected chi connectivity index (χ0v) is 17.5. The van der Waals surface area contributed by atoms with E-state index in [9.17, 15) is 8.42 Å². The van der Waals surface area contributed by atoms with Crippen molar-refractivity contribution in [3.05, 3.63) is 54.0 Å². The molecule has 29 heavy (non-hydrogen) atoms. The average Bonchev–Trinajstić information content (AvgIpc) is 3.39. The predicted octanol–water partition coefficient (Wildman–Crippen LogP) is 3.66. The minimum Gasteiger partial charge on any atom is -0.347 e. The third-order valence-corrected chi connectivity index (χ3v) is 8.08. The summed E-state index contributed by atoms with van der Waals surface area (Å²) in [6.45, 7) is 0. The van der Waals surface area contributed by atoms with Crippen LogP contribution in [0.4, 0.5) is 0 Å². The number of aromatic nitrogens is 3. The Hall–Kier alpha value is -2.35. The molecule has 150 valence electrons. The van der Waals surface area contributed by atoms with E-state index in [0.29, 0.717) is 22.6 Å². The smallest absolute Gasteiger partial charge is 0.208 e. The average molecular weight is 429 g/mol. The molecule has 2 unspecified atom stereocenters. The Labute approximate surface area is 174 Å². The number of pyridine rings is 1. The lowest BCUT2D eigenvalue weighted by molar-refractivity contribution is 0.503. The van der Waals surface area contributed by atoms with Gasteiger partial charge in [0.05, 0.1) is 9.79 Å². The van der Waals surface area contributed by atoms with Gasteiger partial charge in [-0.25, -0.2) is 13.4 Å². The fourth-order valence-corrected chi connectivity index (χ4v) is 6.22. The van der Waals surface area contributed by atoms with Crippen LogP contribution >= 0.6 is 12.4 Å². The van der Waals surface area contributed by atoms with Gasteiger partial charge in [-0.05, 0) is 48.7 Å². The number of hydrogen-bond donors (Lipinski definition) is 2. The zero-order valence-electron chi connectivity index (χ0n) is 15.8. The van der Waals surface area contributed by atoms with Crippen LogP contribution in [-0.2, 0) is 23.3 Å². The van der Waals surface area contributed by atoms with Crippen LogP contribution in [-0.4, -0.2) is 29.0 Å². The number of fused-ring (bicyclic) bond motifs is 7. The molecule has 4 aromatic rings. The Balaban J connectivity index is 0.00000181. The lowest BCUT2D eigenvalue weighted by atomic mass is 9.99. The van der Waals surface area contributed by atoms with Crippen LogP contribution in [0.5, 0.6) is 0 Å². The van der Waals surface area contributed by atoms with Crippen molar-refractivity contribution in [3.8, 4) is 0 Å². The molecule has 0 spiro atoms. The number of benzene rings is 1. The van der Waals surface area contributed by atoms with E-state index in [-0.39, 0.29) is 17.3 Å². The number of halogens is 1. The number of nitrogens with zero attached hydrogens (tertiary/aromatic N) is 2. The third-order valence-electron chi connectivity index (χ3n) is 6.36. The molecule has 2 aliphatic rings. The zero-order chi connectivity index (χ0) is 19.0. The first kappa shape index (κ1) is 18.7. The van der Waals surface area contributed by atoms with Crippen LogP contribution in [0.25, 0.3) is 21.9 Å². The van der Waals surface area contributed by atoms with Crippen LogP contribution < -0.4 is 5.32 Å². The van der Waals surface area contributed by atoms with Crippen LogP contribution in [0, 0.1) is 0 Å². The molecule has 0 amide bonds. The highest BCUT2D eigenvalue weighted by Gasteiger charge is 2.36. The Kier molecular flexibility index (Phi) is 4.07. The van der Waals surface area contributed by atoms with Gasteiger partial charge in [-0.1, -0.05) is 0 Å². The fourth-order valence-electron chi connectivity index (χ4n) is 4.95. The molecule has 2 N–H and O–H groups in total. The van der Waals surface area contributed by atoms with E-state index in [4.69, 9.17) is 0 Å². The summed E-state index contributed by atoms with van der Waals surface area (Å²) >= 11 is 0. The summed E-state index contributed by atoms with van der Waals surface area (Å²) < 4.78 is 28.8. The molecule has 2 atom stereocenters. The van der Waals surface area contributed by atoms with E-state index in [2.05, 4.69) is 26.9 Å². The molecule has 2 bridgehead atoms. The van der Waals surface area contributed by atoms with E-state index < -0.39 is 9.84 Å². The number of sulfone groups is 1. The van der Waals surface area contributed by atoms with Crippen molar-refractivity contribution < 1.29 is 8.42 Å². The molecule has 1 fully saturated rings. The first-order valence-corrected chi connectivity index (χ1v) is 11.1. The van der Waals surface area contributed by atoms with Crippen LogP contribution in [0.1, 0.15) is 30.1 Å². The third kappa shape index (κ3) is 2.57. The molecule has 0 radical (unpaired) electrons. The van der Waals surface area contributed by atoms with Crippen molar-refractivity contribution >= 4 is 44.2 Å². The number of aromatic amines is 1. The highest BCUT2D eigenvalue weighted by molar-refractivity contribution is 7.91. The summed E-state index contributed by atoms with van der Waals surface area (Å²) in [7, 11) is -1.55. The largest absolute Gasteiger partial charge is 0.347 e. The van der Waals surface area contributed by atoms with Gasteiger partial charge in [0.1, 0.15) is 5.65 Å². The molecular weight excluding hydrogens is 408 g/mol. The first-order valence-electron chi connectivity index (χ1n) is 9.58. The Morgan fingerprint density at radius 2 is 2.00 bits per heavy atom. The molecule has 1 aromatic carbocycles. The van der Waals surface area contributed by atoms with Gasteiger partial charge in [-0.3, -0.25) is 0 Å². The van der Waals surface area contributed by atoms with Gasteiger partial charge in [-0.2, -0.15) is 0 Å². The molecule has 2 aliphatic heterocycles. The molecule has 1 saturated heterocycles. The van der Waals surface area contributed by atoms with Gasteiger partial charge in [0.2, 0.25) is 9.84 Å². The highest BCUT2D eigenvalue weighted by atomic mass is 35.5. The van der Waals surface area contributed by atoms with Crippen molar-refractivity contribution in [1.29, 1.82) is 0 Å². The quantitative estimate of drug-likeness (QED) is 0.510. The van der Waals surface area contributed by atoms with E-state index >= 15 is 0 Å². The summed E-state index contributed by atoms with van der Waals surface area (Å²) in [5.74, 6) is 0. The number of nitrogens with one attached hydrogen (secondary N) is 2. The van der Waals surface area contributed by atoms with Crippen molar-refractivity contribution in [3.63, 3.8) is 0 Å². The maximum atomic E-state index is 13.3. The number of rotatable bonds is 2. The van der Waals surface area contributed by atoms with Crippen LogP contribution in [0.15, 0.2) is 52.5 Å². The Bertz CT molecular complexity index is 1370. The van der Waals surface area contributed by atoms with E-state index in [1.165, 1.54) is 23.9 Å². The number of aryl methyl sites for hydroxylation is 1. The molecule has 0 aliphatic carbocycles. The molecule has 6 rings (SSSR count). The van der Waals surface area contributed by atoms with Gasteiger partial charge < -0.3 is 14.9 Å². The van der Waals surface area contributed by atoms with Crippen LogP contribution in [0.2, 0.25) is 0 Å². The van der Waals surface area contributed by atoms with E-state index in [1.54, 1.807) is 18.3 Å². The minimum absolute atomic E-state index is 0. The molecule has 6 nitrogen and oxygen atoms in total. The Morgan fingerprint density at radius 1 is 1.14 bits per heavy atom. The maximum Gasteiger partial charge on any atom is 0.208 e. The molecule has 3 aromatic heterocycles. The topological polar surface area (TPSA) is 79.8 Å². The normalized spacial score (nSPS) is 20.7.